The van der Waals surface area contributed by atoms with Gasteiger partial charge in [0.1, 0.15) is 12.1 Å². The maximum atomic E-state index is 5.50. The Morgan fingerprint density at radius 1 is 1.35 bits per heavy atom. The van der Waals surface area contributed by atoms with E-state index in [0.717, 1.165) is 38.2 Å². The molecule has 0 aromatic carbocycles. The Morgan fingerprint density at radius 2 is 2.24 bits per heavy atom. The van der Waals surface area contributed by atoms with Crippen LogP contribution in [0.25, 0.3) is 0 Å². The molecule has 0 aliphatic heterocycles. The first-order valence-electron chi connectivity index (χ1n) is 6.45. The van der Waals surface area contributed by atoms with Crippen LogP contribution >= 0.6 is 0 Å². The van der Waals surface area contributed by atoms with E-state index in [4.69, 9.17) is 4.74 Å². The number of fused-ring (bicyclic) bond motifs is 1. The van der Waals surface area contributed by atoms with Crippen LogP contribution in [0.2, 0.25) is 0 Å². The van der Waals surface area contributed by atoms with Crippen molar-refractivity contribution in [3.8, 4) is 0 Å². The number of rotatable bonds is 6. The van der Waals surface area contributed by atoms with Crippen LogP contribution in [0.5, 0.6) is 0 Å². The van der Waals surface area contributed by atoms with Gasteiger partial charge in [-0.25, -0.2) is 9.97 Å². The lowest BCUT2D eigenvalue weighted by Crippen LogP contribution is -2.11. The van der Waals surface area contributed by atoms with Gasteiger partial charge < -0.3 is 10.1 Å². The van der Waals surface area contributed by atoms with E-state index in [2.05, 4.69) is 29.1 Å². The molecule has 1 heterocycles. The fraction of sp³-hybridized carbons (Fsp3) is 0.692. The molecule has 1 aromatic rings. The van der Waals surface area contributed by atoms with Gasteiger partial charge in [-0.3, -0.25) is 0 Å². The van der Waals surface area contributed by atoms with Crippen molar-refractivity contribution in [3.63, 3.8) is 0 Å². The molecule has 4 nitrogen and oxygen atoms in total. The number of anilines is 1. The summed E-state index contributed by atoms with van der Waals surface area (Å²) in [5.74, 6) is 1.03. The first-order chi connectivity index (χ1) is 8.27. The Bertz CT molecular complexity index is 366. The zero-order valence-corrected chi connectivity index (χ0v) is 10.7. The second kappa shape index (κ2) is 5.96. The van der Waals surface area contributed by atoms with Gasteiger partial charge in [-0.2, -0.15) is 0 Å². The maximum Gasteiger partial charge on any atom is 0.132 e. The molecule has 0 saturated carbocycles. The van der Waals surface area contributed by atoms with Crippen LogP contribution in [0.3, 0.4) is 0 Å². The lowest BCUT2D eigenvalue weighted by Gasteiger charge is -2.10. The Balaban J connectivity index is 1.78. The highest BCUT2D eigenvalue weighted by atomic mass is 16.5. The molecule has 0 bridgehead atoms. The van der Waals surface area contributed by atoms with Crippen molar-refractivity contribution in [1.82, 2.24) is 9.97 Å². The highest BCUT2D eigenvalue weighted by Gasteiger charge is 2.16. The van der Waals surface area contributed by atoms with Crippen LogP contribution in [0, 0.1) is 0 Å². The van der Waals surface area contributed by atoms with Crippen molar-refractivity contribution in [2.75, 3.05) is 18.5 Å². The van der Waals surface area contributed by atoms with Crippen LogP contribution in [0.4, 0.5) is 5.82 Å². The van der Waals surface area contributed by atoms with Crippen LogP contribution in [-0.2, 0) is 17.6 Å². The van der Waals surface area contributed by atoms with Gasteiger partial charge in [-0.1, -0.05) is 0 Å². The molecule has 1 aliphatic rings. The number of nitrogens with zero attached hydrogens (tertiary/aromatic N) is 2. The summed E-state index contributed by atoms with van der Waals surface area (Å²) in [6.07, 6.45) is 6.41. The molecule has 0 unspecified atom stereocenters. The fourth-order valence-corrected chi connectivity index (χ4v) is 2.11. The minimum absolute atomic E-state index is 0.318. The van der Waals surface area contributed by atoms with Gasteiger partial charge in [0, 0.05) is 24.4 Å². The smallest absolute Gasteiger partial charge is 0.132 e. The number of ether oxygens (including phenoxy) is 1. The second-order valence-corrected chi connectivity index (χ2v) is 4.70. The van der Waals surface area contributed by atoms with E-state index in [-0.39, 0.29) is 0 Å². The quantitative estimate of drug-likeness (QED) is 0.768. The molecule has 0 radical (unpaired) electrons. The second-order valence-electron chi connectivity index (χ2n) is 4.70. The molecule has 0 spiro atoms. The zero-order chi connectivity index (χ0) is 12.1. The average molecular weight is 235 g/mol. The molecule has 0 fully saturated rings. The minimum atomic E-state index is 0.318. The highest BCUT2D eigenvalue weighted by molar-refractivity contribution is 5.47. The van der Waals surface area contributed by atoms with E-state index in [1.807, 2.05) is 0 Å². The van der Waals surface area contributed by atoms with Gasteiger partial charge in [-0.15, -0.1) is 0 Å². The number of aryl methyl sites for hydroxylation is 1. The SMILES string of the molecule is CC(C)OCCCNc1ncnc2c1CCC2. The van der Waals surface area contributed by atoms with Crippen molar-refractivity contribution in [2.45, 2.75) is 45.6 Å². The van der Waals surface area contributed by atoms with Gasteiger partial charge in [0.15, 0.2) is 0 Å². The predicted molar refractivity (Wildman–Crippen MR) is 68.3 cm³/mol. The van der Waals surface area contributed by atoms with E-state index in [9.17, 15) is 0 Å². The van der Waals surface area contributed by atoms with Crippen LogP contribution < -0.4 is 5.32 Å². The molecule has 0 amide bonds. The lowest BCUT2D eigenvalue weighted by atomic mass is 10.2. The topological polar surface area (TPSA) is 47.0 Å². The summed E-state index contributed by atoms with van der Waals surface area (Å²) < 4.78 is 5.50. The van der Waals surface area contributed by atoms with Gasteiger partial charge >= 0.3 is 0 Å². The zero-order valence-electron chi connectivity index (χ0n) is 10.7. The van der Waals surface area contributed by atoms with Crippen molar-refractivity contribution in [3.05, 3.63) is 17.6 Å². The molecule has 4 heteroatoms. The summed E-state index contributed by atoms with van der Waals surface area (Å²) in [7, 11) is 0. The van der Waals surface area contributed by atoms with Crippen LogP contribution in [0.1, 0.15) is 37.9 Å². The molecule has 0 saturated heterocycles. The Kier molecular flexibility index (Phi) is 4.31. The van der Waals surface area contributed by atoms with E-state index >= 15 is 0 Å². The molecule has 94 valence electrons. The lowest BCUT2D eigenvalue weighted by molar-refractivity contribution is 0.0787. The minimum Gasteiger partial charge on any atom is -0.379 e. The van der Waals surface area contributed by atoms with E-state index in [0.29, 0.717) is 6.10 Å². The Morgan fingerprint density at radius 3 is 3.06 bits per heavy atom. The normalized spacial score (nSPS) is 14.1. The fourth-order valence-electron chi connectivity index (χ4n) is 2.11. The summed E-state index contributed by atoms with van der Waals surface area (Å²) in [4.78, 5) is 8.63. The molecule has 1 aromatic heterocycles. The first kappa shape index (κ1) is 12.3. The summed E-state index contributed by atoms with van der Waals surface area (Å²) >= 11 is 0. The largest absolute Gasteiger partial charge is 0.379 e. The molecule has 1 aliphatic carbocycles. The van der Waals surface area contributed by atoms with Crippen molar-refractivity contribution >= 4 is 5.82 Å². The third-order valence-electron chi connectivity index (χ3n) is 2.94. The van der Waals surface area contributed by atoms with Gasteiger partial charge in [-0.05, 0) is 39.5 Å². The Hall–Kier alpha value is -1.16. The van der Waals surface area contributed by atoms with Crippen molar-refractivity contribution in [2.24, 2.45) is 0 Å². The van der Waals surface area contributed by atoms with E-state index in [1.54, 1.807) is 6.33 Å². The summed E-state index contributed by atoms with van der Waals surface area (Å²) in [5.41, 5.74) is 2.54. The number of hydrogen-bond acceptors (Lipinski definition) is 4. The maximum absolute atomic E-state index is 5.50. The molecule has 0 atom stereocenters. The average Bonchev–Trinajstić information content (AvgIpc) is 2.77. The van der Waals surface area contributed by atoms with Crippen LogP contribution in [0.15, 0.2) is 6.33 Å². The summed E-state index contributed by atoms with van der Waals surface area (Å²) in [6.45, 7) is 5.84. The summed E-state index contributed by atoms with van der Waals surface area (Å²) in [5, 5.41) is 3.39. The van der Waals surface area contributed by atoms with E-state index in [1.165, 1.54) is 17.7 Å². The molecule has 1 N–H and O–H groups in total. The molecule has 2 rings (SSSR count). The highest BCUT2D eigenvalue weighted by Crippen LogP contribution is 2.24. The van der Waals surface area contributed by atoms with E-state index < -0.39 is 0 Å². The third kappa shape index (κ3) is 3.40. The number of aromatic nitrogens is 2. The monoisotopic (exact) mass is 235 g/mol. The van der Waals surface area contributed by atoms with Gasteiger partial charge in [0.25, 0.3) is 0 Å². The van der Waals surface area contributed by atoms with Crippen molar-refractivity contribution in [1.29, 1.82) is 0 Å². The molecule has 17 heavy (non-hydrogen) atoms. The first-order valence-corrected chi connectivity index (χ1v) is 6.45. The van der Waals surface area contributed by atoms with Gasteiger partial charge in [0.05, 0.1) is 6.10 Å². The Labute approximate surface area is 103 Å². The van der Waals surface area contributed by atoms with Crippen molar-refractivity contribution < 1.29 is 4.74 Å². The van der Waals surface area contributed by atoms with Crippen LogP contribution in [-0.4, -0.2) is 29.2 Å². The number of hydrogen-bond donors (Lipinski definition) is 1. The third-order valence-corrected chi connectivity index (χ3v) is 2.94. The van der Waals surface area contributed by atoms with Gasteiger partial charge in [0.2, 0.25) is 0 Å². The summed E-state index contributed by atoms with van der Waals surface area (Å²) in [6, 6.07) is 0. The predicted octanol–water partition coefficient (Wildman–Crippen LogP) is 2.19. The standard InChI is InChI=1S/C13H21N3O/c1-10(2)17-8-4-7-14-13-11-5-3-6-12(11)15-9-16-13/h9-10H,3-8H2,1-2H3,(H,14,15,16). The molecular weight excluding hydrogens is 214 g/mol. The molecular formula is C13H21N3O. The number of nitrogens with one attached hydrogen (secondary N) is 1.